The Morgan fingerprint density at radius 3 is 2.31 bits per heavy atom. The predicted octanol–water partition coefficient (Wildman–Crippen LogP) is 4.67. The van der Waals surface area contributed by atoms with Gasteiger partial charge in [-0.3, -0.25) is 14.9 Å². The lowest BCUT2D eigenvalue weighted by molar-refractivity contribution is -0.122. The van der Waals surface area contributed by atoms with Gasteiger partial charge in [0.25, 0.3) is 11.8 Å². The molecule has 2 aliphatic rings. The van der Waals surface area contributed by atoms with Gasteiger partial charge in [0, 0.05) is 64.5 Å². The van der Waals surface area contributed by atoms with Gasteiger partial charge in [0.15, 0.2) is 0 Å². The van der Waals surface area contributed by atoms with Crippen LogP contribution in [0.3, 0.4) is 0 Å². The fraction of sp³-hybridized carbons (Fsp3) is 0.310. The van der Waals surface area contributed by atoms with E-state index in [0.29, 0.717) is 23.0 Å². The van der Waals surface area contributed by atoms with Gasteiger partial charge in [0.1, 0.15) is 0 Å². The second-order valence-corrected chi connectivity index (χ2v) is 10.3. The fourth-order valence-corrected chi connectivity index (χ4v) is 6.11. The molecule has 0 spiro atoms. The van der Waals surface area contributed by atoms with E-state index in [4.69, 9.17) is 5.73 Å². The lowest BCUT2D eigenvalue weighted by Crippen LogP contribution is -2.39. The highest BCUT2D eigenvalue weighted by Gasteiger charge is 2.38. The van der Waals surface area contributed by atoms with Crippen LogP contribution in [0.25, 0.3) is 33.0 Å². The Hall–Kier alpha value is -3.35. The average Bonchev–Trinajstić information content (AvgIpc) is 3.46. The molecule has 0 bridgehead atoms. The van der Waals surface area contributed by atoms with Gasteiger partial charge < -0.3 is 14.9 Å². The van der Waals surface area contributed by atoms with Crippen LogP contribution in [0.15, 0.2) is 54.7 Å². The minimum Gasteiger partial charge on any atom is -0.350 e. The first-order valence-electron chi connectivity index (χ1n) is 12.4. The molecule has 2 aromatic heterocycles. The zero-order chi connectivity index (χ0) is 24.4. The van der Waals surface area contributed by atoms with Gasteiger partial charge in [0.05, 0.1) is 11.1 Å². The first-order valence-corrected chi connectivity index (χ1v) is 12.4. The van der Waals surface area contributed by atoms with E-state index in [0.717, 1.165) is 58.0 Å². The molecule has 4 heterocycles. The van der Waals surface area contributed by atoms with Crippen LogP contribution in [-0.4, -0.2) is 27.0 Å². The molecule has 0 saturated carbocycles. The molecule has 0 radical (unpaired) electrons. The summed E-state index contributed by atoms with van der Waals surface area (Å²) in [5, 5.41) is 4.58. The molecule has 3 N–H and O–H groups in total. The number of carbonyl (C=O) groups excluding carboxylic acids is 2. The first kappa shape index (κ1) is 24.3. The van der Waals surface area contributed by atoms with Gasteiger partial charge in [-0.2, -0.15) is 0 Å². The summed E-state index contributed by atoms with van der Waals surface area (Å²) in [6.07, 6.45) is 3.75. The third-order valence-corrected chi connectivity index (χ3v) is 7.92. The molecule has 0 fully saturated rings. The van der Waals surface area contributed by atoms with Crippen molar-refractivity contribution in [1.29, 1.82) is 0 Å². The van der Waals surface area contributed by atoms with Crippen LogP contribution in [0, 0.1) is 11.8 Å². The van der Waals surface area contributed by atoms with Gasteiger partial charge >= 0.3 is 0 Å². The van der Waals surface area contributed by atoms with E-state index in [1.54, 1.807) is 0 Å². The standard InChI is InChI=1S/C29H30N4O2.ClH/c1-16(2)27(30)17-12-13-33-22-11-7-5-9-19(22)24(23(33)14-17)26-25(28(34)31-29(26)35)20-15-32(3)21-10-6-4-8-18(20)21;/h4-11,15-17,27H,12-14,30H2,1-3H3,(H,31,34,35);1H/t17-,27-;/m0./s1. The molecule has 6 rings (SSSR count). The van der Waals surface area contributed by atoms with Gasteiger partial charge in [-0.15, -0.1) is 12.4 Å². The zero-order valence-electron chi connectivity index (χ0n) is 20.7. The molecule has 2 amide bonds. The van der Waals surface area contributed by atoms with Crippen molar-refractivity contribution in [2.45, 2.75) is 39.3 Å². The molecule has 2 aromatic carbocycles. The average molecular weight is 503 g/mol. The van der Waals surface area contributed by atoms with Crippen LogP contribution >= 0.6 is 12.4 Å². The van der Waals surface area contributed by atoms with Crippen molar-refractivity contribution in [2.75, 3.05) is 0 Å². The number of hydrogen-bond acceptors (Lipinski definition) is 3. The molecular weight excluding hydrogens is 472 g/mol. The molecule has 36 heavy (non-hydrogen) atoms. The van der Waals surface area contributed by atoms with E-state index in [1.807, 2.05) is 54.2 Å². The Morgan fingerprint density at radius 1 is 0.944 bits per heavy atom. The number of imide groups is 1. The number of rotatable bonds is 4. The van der Waals surface area contributed by atoms with Crippen molar-refractivity contribution in [3.05, 3.63) is 71.5 Å². The Balaban J connectivity index is 0.00000267. The monoisotopic (exact) mass is 502 g/mol. The van der Waals surface area contributed by atoms with Crippen molar-refractivity contribution in [3.8, 4) is 0 Å². The molecule has 0 aliphatic carbocycles. The van der Waals surface area contributed by atoms with Crippen molar-refractivity contribution in [3.63, 3.8) is 0 Å². The van der Waals surface area contributed by atoms with Crippen molar-refractivity contribution >= 4 is 57.2 Å². The number of fused-ring (bicyclic) bond motifs is 4. The molecule has 2 aliphatic heterocycles. The number of halogens is 1. The number of nitrogens with two attached hydrogens (primary N) is 1. The molecule has 186 valence electrons. The molecule has 4 aromatic rings. The number of amides is 2. The summed E-state index contributed by atoms with van der Waals surface area (Å²) >= 11 is 0. The van der Waals surface area contributed by atoms with Crippen LogP contribution in [0.5, 0.6) is 0 Å². The van der Waals surface area contributed by atoms with Gasteiger partial charge in [-0.05, 0) is 36.8 Å². The maximum Gasteiger partial charge on any atom is 0.259 e. The third kappa shape index (κ3) is 3.51. The zero-order valence-corrected chi connectivity index (χ0v) is 21.6. The highest BCUT2D eigenvalue weighted by atomic mass is 35.5. The van der Waals surface area contributed by atoms with E-state index >= 15 is 0 Å². The number of nitrogens with one attached hydrogen (secondary N) is 1. The normalized spacial score (nSPS) is 18.6. The van der Waals surface area contributed by atoms with E-state index < -0.39 is 0 Å². The largest absolute Gasteiger partial charge is 0.350 e. The molecule has 0 saturated heterocycles. The van der Waals surface area contributed by atoms with E-state index in [1.165, 1.54) is 0 Å². The van der Waals surface area contributed by atoms with Crippen molar-refractivity contribution in [2.24, 2.45) is 24.6 Å². The van der Waals surface area contributed by atoms with Gasteiger partial charge in [-0.1, -0.05) is 50.2 Å². The number of benzene rings is 2. The molecule has 0 unspecified atom stereocenters. The summed E-state index contributed by atoms with van der Waals surface area (Å²) in [5.41, 5.74) is 12.5. The number of hydrogen-bond donors (Lipinski definition) is 2. The van der Waals surface area contributed by atoms with Crippen molar-refractivity contribution < 1.29 is 9.59 Å². The van der Waals surface area contributed by atoms with Crippen molar-refractivity contribution in [1.82, 2.24) is 14.5 Å². The van der Waals surface area contributed by atoms with Gasteiger partial charge in [0.2, 0.25) is 0 Å². The van der Waals surface area contributed by atoms with Crippen LogP contribution in [0.1, 0.15) is 37.1 Å². The Kier molecular flexibility index (Phi) is 6.05. The van der Waals surface area contributed by atoms with Crippen LogP contribution in [-0.2, 0) is 29.6 Å². The van der Waals surface area contributed by atoms with E-state index in [2.05, 4.69) is 35.9 Å². The summed E-state index contributed by atoms with van der Waals surface area (Å²) in [7, 11) is 1.97. The van der Waals surface area contributed by atoms with Crippen LogP contribution < -0.4 is 11.1 Å². The summed E-state index contributed by atoms with van der Waals surface area (Å²) < 4.78 is 4.34. The topological polar surface area (TPSA) is 82.0 Å². The summed E-state index contributed by atoms with van der Waals surface area (Å²) in [4.78, 5) is 26.7. The van der Waals surface area contributed by atoms with Crippen LogP contribution in [0.2, 0.25) is 0 Å². The molecule has 7 heteroatoms. The van der Waals surface area contributed by atoms with Crippen LogP contribution in [0.4, 0.5) is 0 Å². The summed E-state index contributed by atoms with van der Waals surface area (Å²) in [6, 6.07) is 16.3. The Morgan fingerprint density at radius 2 is 1.58 bits per heavy atom. The lowest BCUT2D eigenvalue weighted by atomic mass is 9.82. The molecule has 2 atom stereocenters. The Labute approximate surface area is 216 Å². The minimum atomic E-state index is -0.336. The van der Waals surface area contributed by atoms with E-state index in [-0.39, 0.29) is 30.3 Å². The number of aryl methyl sites for hydroxylation is 2. The number of para-hydroxylation sites is 2. The maximum atomic E-state index is 13.4. The molecule has 6 nitrogen and oxygen atoms in total. The molecular formula is C29H31ClN4O2. The highest BCUT2D eigenvalue weighted by molar-refractivity contribution is 6.51. The third-order valence-electron chi connectivity index (χ3n) is 7.92. The first-order chi connectivity index (χ1) is 16.9. The Bertz CT molecular complexity index is 1560. The number of carbonyl (C=O) groups is 2. The maximum absolute atomic E-state index is 13.4. The fourth-order valence-electron chi connectivity index (χ4n) is 6.11. The quantitative estimate of drug-likeness (QED) is 0.398. The SMILES string of the molecule is CC(C)[C@H](N)[C@H]1CCn2c(c(C3=C(c4cn(C)c5ccccc45)C(=O)NC3=O)c3ccccc32)C1.Cl. The highest BCUT2D eigenvalue weighted by Crippen LogP contribution is 2.43. The predicted molar refractivity (Wildman–Crippen MR) is 147 cm³/mol. The van der Waals surface area contributed by atoms with Gasteiger partial charge in [-0.25, -0.2) is 0 Å². The summed E-state index contributed by atoms with van der Waals surface area (Å²) in [5.74, 6) is 0.0394. The smallest absolute Gasteiger partial charge is 0.259 e. The summed E-state index contributed by atoms with van der Waals surface area (Å²) in [6.45, 7) is 5.19. The number of nitrogens with zero attached hydrogens (tertiary/aromatic N) is 2. The van der Waals surface area contributed by atoms with E-state index in [9.17, 15) is 9.59 Å². The second kappa shape index (κ2) is 8.95. The second-order valence-electron chi connectivity index (χ2n) is 10.3. The number of aromatic nitrogens is 2. The lowest BCUT2D eigenvalue weighted by Gasteiger charge is -2.32. The minimum absolute atomic E-state index is 0.